The van der Waals surface area contributed by atoms with Gasteiger partial charge in [0.15, 0.2) is 0 Å². The molecule has 0 fully saturated rings. The molecular weight excluding hydrogens is 242 g/mol. The molecule has 0 aliphatic heterocycles. The van der Waals surface area contributed by atoms with Gasteiger partial charge in [0.25, 0.3) is 0 Å². The van der Waals surface area contributed by atoms with E-state index < -0.39 is 0 Å². The molecule has 4 nitrogen and oxygen atoms in total. The molecule has 1 amide bonds. The number of aryl methyl sites for hydroxylation is 2. The van der Waals surface area contributed by atoms with Gasteiger partial charge in [0.05, 0.1) is 7.11 Å². The van der Waals surface area contributed by atoms with Gasteiger partial charge in [-0.3, -0.25) is 4.79 Å². The van der Waals surface area contributed by atoms with Crippen molar-refractivity contribution in [2.24, 2.45) is 0 Å². The van der Waals surface area contributed by atoms with Crippen LogP contribution in [0.15, 0.2) is 40.8 Å². The Morgan fingerprint density at radius 3 is 2.84 bits per heavy atom. The molecule has 0 atom stereocenters. The highest BCUT2D eigenvalue weighted by molar-refractivity contribution is 5.90. The zero-order valence-corrected chi connectivity index (χ0v) is 11.1. The van der Waals surface area contributed by atoms with Crippen molar-refractivity contribution in [1.82, 2.24) is 0 Å². The second-order valence-corrected chi connectivity index (χ2v) is 4.29. The molecule has 0 radical (unpaired) electrons. The maximum Gasteiger partial charge on any atom is 0.224 e. The second kappa shape index (κ2) is 6.09. The van der Waals surface area contributed by atoms with Crippen LogP contribution >= 0.6 is 0 Å². The lowest BCUT2D eigenvalue weighted by Gasteiger charge is -2.06. The average Bonchev–Trinajstić information content (AvgIpc) is 2.82. The van der Waals surface area contributed by atoms with E-state index in [2.05, 4.69) is 5.32 Å². The first-order chi connectivity index (χ1) is 9.17. The third kappa shape index (κ3) is 3.88. The standard InChI is InChI=1S/C15H17NO3/c1-11-6-7-13(19-11)8-9-15(17)16-12-4-3-5-14(10-12)18-2/h3-7,10H,8-9H2,1-2H3,(H,16,17). The summed E-state index contributed by atoms with van der Waals surface area (Å²) in [7, 11) is 1.60. The number of methoxy groups -OCH3 is 1. The summed E-state index contributed by atoms with van der Waals surface area (Å²) in [6.45, 7) is 1.89. The Morgan fingerprint density at radius 1 is 1.32 bits per heavy atom. The van der Waals surface area contributed by atoms with Crippen LogP contribution in [0.25, 0.3) is 0 Å². The van der Waals surface area contributed by atoms with E-state index in [1.807, 2.05) is 37.3 Å². The molecule has 1 aromatic heterocycles. The van der Waals surface area contributed by atoms with Gasteiger partial charge in [0.2, 0.25) is 5.91 Å². The Kier molecular flexibility index (Phi) is 4.23. The number of rotatable bonds is 5. The number of benzene rings is 1. The zero-order chi connectivity index (χ0) is 13.7. The molecule has 19 heavy (non-hydrogen) atoms. The number of nitrogens with one attached hydrogen (secondary N) is 1. The molecule has 1 heterocycles. The molecule has 2 aromatic rings. The van der Waals surface area contributed by atoms with Crippen molar-refractivity contribution < 1.29 is 13.9 Å². The third-order valence-corrected chi connectivity index (χ3v) is 2.75. The van der Waals surface area contributed by atoms with Crippen LogP contribution in [-0.4, -0.2) is 13.0 Å². The van der Waals surface area contributed by atoms with Crippen LogP contribution in [0.5, 0.6) is 5.75 Å². The predicted octanol–water partition coefficient (Wildman–Crippen LogP) is 3.17. The van der Waals surface area contributed by atoms with Gasteiger partial charge < -0.3 is 14.5 Å². The number of amides is 1. The monoisotopic (exact) mass is 259 g/mol. The number of anilines is 1. The summed E-state index contributed by atoms with van der Waals surface area (Å²) in [6.07, 6.45) is 0.994. The van der Waals surface area contributed by atoms with E-state index in [9.17, 15) is 4.79 Å². The smallest absolute Gasteiger partial charge is 0.224 e. The van der Waals surface area contributed by atoms with Gasteiger partial charge in [-0.1, -0.05) is 6.07 Å². The maximum absolute atomic E-state index is 11.8. The molecule has 0 unspecified atom stereocenters. The van der Waals surface area contributed by atoms with Crippen molar-refractivity contribution >= 4 is 11.6 Å². The highest BCUT2D eigenvalue weighted by Crippen LogP contribution is 2.17. The lowest BCUT2D eigenvalue weighted by molar-refractivity contribution is -0.116. The van der Waals surface area contributed by atoms with Gasteiger partial charge in [0, 0.05) is 24.6 Å². The van der Waals surface area contributed by atoms with Gasteiger partial charge in [-0.2, -0.15) is 0 Å². The van der Waals surface area contributed by atoms with Crippen molar-refractivity contribution in [2.45, 2.75) is 19.8 Å². The Hall–Kier alpha value is -2.23. The van der Waals surface area contributed by atoms with E-state index in [1.165, 1.54) is 0 Å². The normalized spacial score (nSPS) is 10.2. The van der Waals surface area contributed by atoms with E-state index in [-0.39, 0.29) is 5.91 Å². The predicted molar refractivity (Wildman–Crippen MR) is 73.4 cm³/mol. The SMILES string of the molecule is COc1cccc(NC(=O)CCc2ccc(C)o2)c1. The molecule has 1 N–H and O–H groups in total. The van der Waals surface area contributed by atoms with Crippen molar-refractivity contribution in [3.05, 3.63) is 47.9 Å². The highest BCUT2D eigenvalue weighted by Gasteiger charge is 2.06. The fourth-order valence-corrected chi connectivity index (χ4v) is 1.78. The van der Waals surface area contributed by atoms with E-state index >= 15 is 0 Å². The lowest BCUT2D eigenvalue weighted by atomic mass is 10.2. The average molecular weight is 259 g/mol. The number of hydrogen-bond acceptors (Lipinski definition) is 3. The largest absolute Gasteiger partial charge is 0.497 e. The summed E-state index contributed by atoms with van der Waals surface area (Å²) in [6, 6.07) is 11.1. The van der Waals surface area contributed by atoms with Gasteiger partial charge in [-0.25, -0.2) is 0 Å². The van der Waals surface area contributed by atoms with Gasteiger partial charge >= 0.3 is 0 Å². The number of hydrogen-bond donors (Lipinski definition) is 1. The summed E-state index contributed by atoms with van der Waals surface area (Å²) < 4.78 is 10.5. The molecule has 4 heteroatoms. The summed E-state index contributed by atoms with van der Waals surface area (Å²) in [5, 5.41) is 2.83. The number of carbonyl (C=O) groups is 1. The third-order valence-electron chi connectivity index (χ3n) is 2.75. The number of ether oxygens (including phenoxy) is 1. The molecule has 0 saturated heterocycles. The highest BCUT2D eigenvalue weighted by atomic mass is 16.5. The summed E-state index contributed by atoms with van der Waals surface area (Å²) in [4.78, 5) is 11.8. The van der Waals surface area contributed by atoms with Crippen LogP contribution in [0.1, 0.15) is 17.9 Å². The van der Waals surface area contributed by atoms with Gasteiger partial charge in [-0.15, -0.1) is 0 Å². The minimum Gasteiger partial charge on any atom is -0.497 e. The first-order valence-electron chi connectivity index (χ1n) is 6.16. The molecule has 0 aliphatic carbocycles. The number of furan rings is 1. The molecule has 0 bridgehead atoms. The Balaban J connectivity index is 1.86. The van der Waals surface area contributed by atoms with E-state index in [4.69, 9.17) is 9.15 Å². The zero-order valence-electron chi connectivity index (χ0n) is 11.1. The van der Waals surface area contributed by atoms with Crippen molar-refractivity contribution in [2.75, 3.05) is 12.4 Å². The lowest BCUT2D eigenvalue weighted by Crippen LogP contribution is -2.12. The fourth-order valence-electron chi connectivity index (χ4n) is 1.78. The Morgan fingerprint density at radius 2 is 2.16 bits per heavy atom. The molecule has 0 saturated carbocycles. The van der Waals surface area contributed by atoms with Crippen LogP contribution in [0.4, 0.5) is 5.69 Å². The summed E-state index contributed by atoms with van der Waals surface area (Å²) >= 11 is 0. The molecule has 2 rings (SSSR count). The van der Waals surface area contributed by atoms with Gasteiger partial charge in [-0.05, 0) is 31.2 Å². The van der Waals surface area contributed by atoms with Crippen LogP contribution in [0.2, 0.25) is 0 Å². The second-order valence-electron chi connectivity index (χ2n) is 4.29. The number of carbonyl (C=O) groups excluding carboxylic acids is 1. The fraction of sp³-hybridized carbons (Fsp3) is 0.267. The first-order valence-corrected chi connectivity index (χ1v) is 6.16. The van der Waals surface area contributed by atoms with Crippen molar-refractivity contribution in [3.8, 4) is 5.75 Å². The molecule has 1 aromatic carbocycles. The van der Waals surface area contributed by atoms with Crippen LogP contribution in [-0.2, 0) is 11.2 Å². The van der Waals surface area contributed by atoms with E-state index in [0.29, 0.717) is 12.8 Å². The van der Waals surface area contributed by atoms with E-state index in [0.717, 1.165) is 23.0 Å². The van der Waals surface area contributed by atoms with Crippen LogP contribution in [0, 0.1) is 6.92 Å². The summed E-state index contributed by atoms with van der Waals surface area (Å²) in [5.41, 5.74) is 0.736. The Labute approximate surface area is 112 Å². The first kappa shape index (κ1) is 13.2. The van der Waals surface area contributed by atoms with Crippen molar-refractivity contribution in [1.29, 1.82) is 0 Å². The molecular formula is C15H17NO3. The Bertz CT molecular complexity index is 560. The minimum atomic E-state index is -0.0395. The van der Waals surface area contributed by atoms with E-state index in [1.54, 1.807) is 13.2 Å². The van der Waals surface area contributed by atoms with Gasteiger partial charge in [0.1, 0.15) is 17.3 Å². The maximum atomic E-state index is 11.8. The molecule has 0 aliphatic rings. The van der Waals surface area contributed by atoms with Crippen LogP contribution < -0.4 is 10.1 Å². The van der Waals surface area contributed by atoms with Crippen LogP contribution in [0.3, 0.4) is 0 Å². The van der Waals surface area contributed by atoms with Crippen molar-refractivity contribution in [3.63, 3.8) is 0 Å². The quantitative estimate of drug-likeness (QED) is 0.897. The molecule has 100 valence electrons. The minimum absolute atomic E-state index is 0.0395. The summed E-state index contributed by atoms with van der Waals surface area (Å²) in [5.74, 6) is 2.38. The molecule has 0 spiro atoms. The topological polar surface area (TPSA) is 51.5 Å².